The molecule has 26 heavy (non-hydrogen) atoms. The predicted molar refractivity (Wildman–Crippen MR) is 95.9 cm³/mol. The number of aryl methyl sites for hydroxylation is 1. The van der Waals surface area contributed by atoms with Gasteiger partial charge in [-0.05, 0) is 37.3 Å². The molecule has 7 nitrogen and oxygen atoms in total. The number of nitrogens with one attached hydrogen (secondary N) is 2. The number of hydrogen-bond donors (Lipinski definition) is 2. The van der Waals surface area contributed by atoms with Gasteiger partial charge in [0.2, 0.25) is 5.91 Å². The number of nitrogens with zero attached hydrogens (tertiary/aromatic N) is 1. The van der Waals surface area contributed by atoms with E-state index < -0.39 is 0 Å². The Hall–Kier alpha value is -3.35. The first-order valence-corrected chi connectivity index (χ1v) is 8.09. The van der Waals surface area contributed by atoms with E-state index in [1.54, 1.807) is 32.2 Å². The topological polar surface area (TPSA) is 93.5 Å². The summed E-state index contributed by atoms with van der Waals surface area (Å²) >= 11 is 0. The molecule has 0 bridgehead atoms. The van der Waals surface area contributed by atoms with Gasteiger partial charge in [0.25, 0.3) is 5.91 Å². The van der Waals surface area contributed by atoms with E-state index in [4.69, 9.17) is 9.15 Å². The SMILES string of the molecule is COc1ccc2cc(C(=O)NCC(=O)NCc3ccco3)c(C)nc2c1. The Labute approximate surface area is 150 Å². The summed E-state index contributed by atoms with van der Waals surface area (Å²) in [4.78, 5) is 28.7. The van der Waals surface area contributed by atoms with Gasteiger partial charge in [0, 0.05) is 11.5 Å². The molecule has 134 valence electrons. The van der Waals surface area contributed by atoms with E-state index in [1.165, 1.54) is 6.26 Å². The lowest BCUT2D eigenvalue weighted by Crippen LogP contribution is -2.36. The number of benzene rings is 1. The first-order chi connectivity index (χ1) is 12.6. The summed E-state index contributed by atoms with van der Waals surface area (Å²) in [5.41, 5.74) is 1.76. The van der Waals surface area contributed by atoms with Crippen LogP contribution in [0.2, 0.25) is 0 Å². The fourth-order valence-corrected chi connectivity index (χ4v) is 2.52. The number of amides is 2. The van der Waals surface area contributed by atoms with Crippen LogP contribution >= 0.6 is 0 Å². The number of aromatic nitrogens is 1. The largest absolute Gasteiger partial charge is 0.497 e. The van der Waals surface area contributed by atoms with Crippen LogP contribution in [0.1, 0.15) is 21.8 Å². The Kier molecular flexibility index (Phi) is 5.17. The molecule has 0 aliphatic carbocycles. The maximum atomic E-state index is 12.4. The van der Waals surface area contributed by atoms with Crippen LogP contribution in [-0.2, 0) is 11.3 Å². The summed E-state index contributed by atoms with van der Waals surface area (Å²) in [5.74, 6) is 0.705. The Bertz CT molecular complexity index is 935. The molecule has 0 saturated heterocycles. The first-order valence-electron chi connectivity index (χ1n) is 8.09. The van der Waals surface area contributed by atoms with Crippen LogP contribution in [0, 0.1) is 6.92 Å². The molecule has 1 aromatic carbocycles. The molecule has 7 heteroatoms. The van der Waals surface area contributed by atoms with Crippen LogP contribution in [-0.4, -0.2) is 30.5 Å². The van der Waals surface area contributed by atoms with Crippen LogP contribution < -0.4 is 15.4 Å². The van der Waals surface area contributed by atoms with Gasteiger partial charge in [-0.3, -0.25) is 14.6 Å². The van der Waals surface area contributed by atoms with Gasteiger partial charge in [0.1, 0.15) is 11.5 Å². The summed E-state index contributed by atoms with van der Waals surface area (Å²) < 4.78 is 10.3. The number of methoxy groups -OCH3 is 1. The Morgan fingerprint density at radius 2 is 2.04 bits per heavy atom. The third kappa shape index (κ3) is 4.00. The summed E-state index contributed by atoms with van der Waals surface area (Å²) in [6, 6.07) is 10.7. The van der Waals surface area contributed by atoms with Crippen LogP contribution in [0.4, 0.5) is 0 Å². The molecule has 0 fully saturated rings. The molecule has 0 aliphatic heterocycles. The second-order valence-corrected chi connectivity index (χ2v) is 5.72. The number of furan rings is 1. The first kappa shape index (κ1) is 17.5. The molecular formula is C19H19N3O4. The van der Waals surface area contributed by atoms with Crippen LogP contribution in [0.5, 0.6) is 5.75 Å². The van der Waals surface area contributed by atoms with E-state index in [9.17, 15) is 9.59 Å². The highest BCUT2D eigenvalue weighted by atomic mass is 16.5. The predicted octanol–water partition coefficient (Wildman–Crippen LogP) is 2.19. The van der Waals surface area contributed by atoms with E-state index >= 15 is 0 Å². The van der Waals surface area contributed by atoms with Crippen LogP contribution in [0.25, 0.3) is 10.9 Å². The minimum absolute atomic E-state index is 0.125. The fraction of sp³-hybridized carbons (Fsp3) is 0.211. The molecular weight excluding hydrogens is 334 g/mol. The highest BCUT2D eigenvalue weighted by Gasteiger charge is 2.13. The van der Waals surface area contributed by atoms with Crippen molar-refractivity contribution in [1.82, 2.24) is 15.6 Å². The van der Waals surface area contributed by atoms with E-state index in [1.807, 2.05) is 18.2 Å². The van der Waals surface area contributed by atoms with Crippen molar-refractivity contribution in [1.29, 1.82) is 0 Å². The minimum atomic E-state index is -0.346. The van der Waals surface area contributed by atoms with Crippen molar-refractivity contribution in [2.24, 2.45) is 0 Å². The average molecular weight is 353 g/mol. The van der Waals surface area contributed by atoms with Gasteiger partial charge in [0.05, 0.1) is 43.2 Å². The molecule has 0 atom stereocenters. The number of ether oxygens (including phenoxy) is 1. The smallest absolute Gasteiger partial charge is 0.253 e. The van der Waals surface area contributed by atoms with Crippen LogP contribution in [0.15, 0.2) is 47.1 Å². The molecule has 0 aliphatic rings. The van der Waals surface area contributed by atoms with E-state index in [0.29, 0.717) is 22.8 Å². The van der Waals surface area contributed by atoms with Crippen molar-refractivity contribution in [2.45, 2.75) is 13.5 Å². The normalized spacial score (nSPS) is 10.5. The van der Waals surface area contributed by atoms with E-state index in [0.717, 1.165) is 10.9 Å². The lowest BCUT2D eigenvalue weighted by Gasteiger charge is -2.09. The lowest BCUT2D eigenvalue weighted by atomic mass is 10.1. The lowest BCUT2D eigenvalue weighted by molar-refractivity contribution is -0.120. The third-order valence-electron chi connectivity index (χ3n) is 3.91. The molecule has 2 aromatic heterocycles. The number of carbonyl (C=O) groups is 2. The van der Waals surface area contributed by atoms with Crippen molar-refractivity contribution in [2.75, 3.05) is 13.7 Å². The second kappa shape index (κ2) is 7.69. The van der Waals surface area contributed by atoms with E-state index in [2.05, 4.69) is 15.6 Å². The van der Waals surface area contributed by atoms with Crippen LogP contribution in [0.3, 0.4) is 0 Å². The second-order valence-electron chi connectivity index (χ2n) is 5.72. The molecule has 0 radical (unpaired) electrons. The summed E-state index contributed by atoms with van der Waals surface area (Å²) in [6.45, 7) is 1.91. The molecule has 2 N–H and O–H groups in total. The third-order valence-corrected chi connectivity index (χ3v) is 3.91. The summed E-state index contributed by atoms with van der Waals surface area (Å²) in [5, 5.41) is 6.11. The Morgan fingerprint density at radius 3 is 2.77 bits per heavy atom. The summed E-state index contributed by atoms with van der Waals surface area (Å²) in [7, 11) is 1.59. The van der Waals surface area contributed by atoms with Crippen molar-refractivity contribution in [3.63, 3.8) is 0 Å². The van der Waals surface area contributed by atoms with Crippen molar-refractivity contribution < 1.29 is 18.7 Å². The number of carbonyl (C=O) groups excluding carboxylic acids is 2. The fourth-order valence-electron chi connectivity index (χ4n) is 2.52. The zero-order chi connectivity index (χ0) is 18.5. The molecule has 3 aromatic rings. The molecule has 0 unspecified atom stereocenters. The summed E-state index contributed by atoms with van der Waals surface area (Å²) in [6.07, 6.45) is 1.54. The van der Waals surface area contributed by atoms with Gasteiger partial charge in [-0.2, -0.15) is 0 Å². The van der Waals surface area contributed by atoms with Gasteiger partial charge in [-0.1, -0.05) is 0 Å². The molecule has 0 spiro atoms. The van der Waals surface area contributed by atoms with Gasteiger partial charge >= 0.3 is 0 Å². The number of fused-ring (bicyclic) bond motifs is 1. The molecule has 0 saturated carbocycles. The maximum Gasteiger partial charge on any atom is 0.253 e. The van der Waals surface area contributed by atoms with Gasteiger partial charge in [-0.15, -0.1) is 0 Å². The zero-order valence-corrected chi connectivity index (χ0v) is 14.5. The molecule has 3 rings (SSSR count). The van der Waals surface area contributed by atoms with Crippen molar-refractivity contribution in [3.05, 3.63) is 59.7 Å². The highest BCUT2D eigenvalue weighted by Crippen LogP contribution is 2.21. The standard InChI is InChI=1S/C19H19N3O4/c1-12-16(8-13-5-6-14(25-2)9-17(13)22-12)19(24)21-11-18(23)20-10-15-4-3-7-26-15/h3-9H,10-11H2,1-2H3,(H,20,23)(H,21,24). The van der Waals surface area contributed by atoms with Gasteiger partial charge in [0.15, 0.2) is 0 Å². The quantitative estimate of drug-likeness (QED) is 0.708. The average Bonchev–Trinajstić information content (AvgIpc) is 3.17. The Morgan fingerprint density at radius 1 is 1.19 bits per heavy atom. The Balaban J connectivity index is 1.63. The van der Waals surface area contributed by atoms with Crippen molar-refractivity contribution >= 4 is 22.7 Å². The monoisotopic (exact) mass is 353 g/mol. The number of hydrogen-bond acceptors (Lipinski definition) is 5. The van der Waals surface area contributed by atoms with Gasteiger partial charge in [-0.25, -0.2) is 0 Å². The maximum absolute atomic E-state index is 12.4. The number of rotatable bonds is 6. The number of pyridine rings is 1. The highest BCUT2D eigenvalue weighted by molar-refractivity contribution is 6.00. The van der Waals surface area contributed by atoms with Gasteiger partial charge < -0.3 is 19.8 Å². The van der Waals surface area contributed by atoms with E-state index in [-0.39, 0.29) is 24.9 Å². The minimum Gasteiger partial charge on any atom is -0.497 e. The van der Waals surface area contributed by atoms with Crippen molar-refractivity contribution in [3.8, 4) is 5.75 Å². The molecule has 2 amide bonds. The zero-order valence-electron chi connectivity index (χ0n) is 14.5. The molecule has 2 heterocycles.